The Morgan fingerprint density at radius 1 is 1.00 bits per heavy atom. The van der Waals surface area contributed by atoms with E-state index in [1.54, 1.807) is 0 Å². The molecule has 118 valence electrons. The molecule has 1 amide bonds. The molecule has 21 heavy (non-hydrogen) atoms. The van der Waals surface area contributed by atoms with Gasteiger partial charge in [-0.1, -0.05) is 6.42 Å². The second-order valence-electron chi connectivity index (χ2n) is 7.46. The van der Waals surface area contributed by atoms with Crippen LogP contribution < -0.4 is 0 Å². The first-order valence-electron chi connectivity index (χ1n) is 8.76. The highest BCUT2D eigenvalue weighted by molar-refractivity contribution is 5.80. The fourth-order valence-electron chi connectivity index (χ4n) is 5.32. The lowest BCUT2D eigenvalue weighted by Gasteiger charge is -2.37. The minimum Gasteiger partial charge on any atom is -0.381 e. The Balaban J connectivity index is 1.53. The zero-order valence-electron chi connectivity index (χ0n) is 12.9. The molecule has 3 atom stereocenters. The minimum atomic E-state index is 0.120. The lowest BCUT2D eigenvalue weighted by atomic mass is 9.71. The number of fused-ring (bicyclic) bond motifs is 2. The highest BCUT2D eigenvalue weighted by Crippen LogP contribution is 2.54. The molecule has 3 aliphatic heterocycles. The predicted octanol–water partition coefficient (Wildman–Crippen LogP) is 2.22. The predicted molar refractivity (Wildman–Crippen MR) is 78.9 cm³/mol. The molecule has 4 heteroatoms. The number of carbonyl (C=O) groups excluding carboxylic acids is 1. The van der Waals surface area contributed by atoms with Crippen molar-refractivity contribution in [2.24, 2.45) is 17.3 Å². The molecule has 1 aliphatic carbocycles. The third-order valence-electron chi connectivity index (χ3n) is 6.43. The van der Waals surface area contributed by atoms with Gasteiger partial charge < -0.3 is 14.4 Å². The zero-order valence-corrected chi connectivity index (χ0v) is 12.9. The van der Waals surface area contributed by atoms with Crippen LogP contribution in [0.3, 0.4) is 0 Å². The van der Waals surface area contributed by atoms with Crippen molar-refractivity contribution in [3.63, 3.8) is 0 Å². The minimum absolute atomic E-state index is 0.120. The lowest BCUT2D eigenvalue weighted by Crippen LogP contribution is -2.43. The van der Waals surface area contributed by atoms with Crippen LogP contribution in [0.5, 0.6) is 0 Å². The van der Waals surface area contributed by atoms with Crippen LogP contribution in [0.1, 0.15) is 44.9 Å². The van der Waals surface area contributed by atoms with Crippen LogP contribution in [-0.4, -0.2) is 49.8 Å². The molecule has 1 spiro atoms. The summed E-state index contributed by atoms with van der Waals surface area (Å²) in [5.41, 5.74) is 0.366. The van der Waals surface area contributed by atoms with Gasteiger partial charge in [0.15, 0.2) is 0 Å². The Morgan fingerprint density at radius 2 is 1.86 bits per heavy atom. The molecule has 0 unspecified atom stereocenters. The van der Waals surface area contributed by atoms with Crippen LogP contribution in [-0.2, 0) is 14.3 Å². The number of hydrogen-bond donors (Lipinski definition) is 0. The first kappa shape index (κ1) is 14.0. The molecule has 4 fully saturated rings. The molecule has 0 aromatic rings. The summed E-state index contributed by atoms with van der Waals surface area (Å²) < 4.78 is 11.1. The molecule has 0 aromatic carbocycles. The Morgan fingerprint density at radius 3 is 2.62 bits per heavy atom. The van der Waals surface area contributed by atoms with Crippen molar-refractivity contribution < 1.29 is 14.3 Å². The number of amides is 1. The molecular formula is C17H27NO3. The number of hydrogen-bond acceptors (Lipinski definition) is 3. The van der Waals surface area contributed by atoms with Gasteiger partial charge in [0, 0.05) is 32.4 Å². The van der Waals surface area contributed by atoms with Crippen LogP contribution in [0.2, 0.25) is 0 Å². The van der Waals surface area contributed by atoms with Crippen molar-refractivity contribution in [1.29, 1.82) is 0 Å². The van der Waals surface area contributed by atoms with E-state index in [0.717, 1.165) is 58.0 Å². The highest BCUT2D eigenvalue weighted by atomic mass is 16.5. The average Bonchev–Trinajstić information content (AvgIpc) is 3.13. The van der Waals surface area contributed by atoms with Crippen LogP contribution in [0, 0.1) is 17.3 Å². The average molecular weight is 293 g/mol. The van der Waals surface area contributed by atoms with Gasteiger partial charge in [-0.2, -0.15) is 0 Å². The van der Waals surface area contributed by atoms with Crippen molar-refractivity contribution in [1.82, 2.24) is 4.90 Å². The number of rotatable bonds is 1. The van der Waals surface area contributed by atoms with Gasteiger partial charge in [0.05, 0.1) is 12.5 Å². The van der Waals surface area contributed by atoms with Crippen molar-refractivity contribution in [2.75, 3.05) is 33.0 Å². The summed E-state index contributed by atoms with van der Waals surface area (Å²) in [6, 6.07) is 0.512. The number of ether oxygens (including phenoxy) is 2. The molecule has 4 nitrogen and oxygen atoms in total. The third kappa shape index (κ3) is 2.31. The molecular weight excluding hydrogens is 266 g/mol. The van der Waals surface area contributed by atoms with Gasteiger partial charge in [-0.15, -0.1) is 0 Å². The monoisotopic (exact) mass is 293 g/mol. The standard InChI is InChI=1S/C17H27NO3/c19-16(13-3-2-8-21-11-13)18-12-17(6-9-20-10-7-17)14-4-1-5-15(14)18/h13-15H,1-12H2/t13-,14-,15+/m1/s1. The number of nitrogens with zero attached hydrogens (tertiary/aromatic N) is 1. The van der Waals surface area contributed by atoms with Crippen molar-refractivity contribution in [2.45, 2.75) is 51.0 Å². The van der Waals surface area contributed by atoms with Crippen molar-refractivity contribution in [3.8, 4) is 0 Å². The molecule has 0 aromatic heterocycles. The van der Waals surface area contributed by atoms with E-state index in [0.29, 0.717) is 24.0 Å². The van der Waals surface area contributed by atoms with E-state index in [1.807, 2.05) is 0 Å². The summed E-state index contributed by atoms with van der Waals surface area (Å²) in [4.78, 5) is 15.2. The van der Waals surface area contributed by atoms with E-state index >= 15 is 0 Å². The fraction of sp³-hybridized carbons (Fsp3) is 0.941. The summed E-state index contributed by atoms with van der Waals surface area (Å²) in [6.45, 7) is 4.23. The maximum absolute atomic E-state index is 13.0. The van der Waals surface area contributed by atoms with Gasteiger partial charge in [0.2, 0.25) is 5.91 Å². The summed E-state index contributed by atoms with van der Waals surface area (Å²) in [7, 11) is 0. The van der Waals surface area contributed by atoms with E-state index in [9.17, 15) is 4.79 Å². The molecule has 0 N–H and O–H groups in total. The van der Waals surface area contributed by atoms with Gasteiger partial charge in [0.1, 0.15) is 0 Å². The van der Waals surface area contributed by atoms with E-state index in [4.69, 9.17) is 9.47 Å². The van der Waals surface area contributed by atoms with Gasteiger partial charge in [0.25, 0.3) is 0 Å². The first-order valence-corrected chi connectivity index (χ1v) is 8.76. The van der Waals surface area contributed by atoms with E-state index < -0.39 is 0 Å². The highest BCUT2D eigenvalue weighted by Gasteiger charge is 2.55. The summed E-state index contributed by atoms with van der Waals surface area (Å²) >= 11 is 0. The second kappa shape index (κ2) is 5.54. The largest absolute Gasteiger partial charge is 0.381 e. The summed E-state index contributed by atoms with van der Waals surface area (Å²) in [6.07, 6.45) is 8.18. The van der Waals surface area contributed by atoms with E-state index in [2.05, 4.69) is 4.90 Å². The first-order chi connectivity index (χ1) is 10.3. The molecule has 3 heterocycles. The Kier molecular flexibility index (Phi) is 3.70. The maximum atomic E-state index is 13.0. The van der Waals surface area contributed by atoms with Crippen LogP contribution in [0.4, 0.5) is 0 Å². The Labute approximate surface area is 127 Å². The van der Waals surface area contributed by atoms with Gasteiger partial charge in [-0.3, -0.25) is 4.79 Å². The van der Waals surface area contributed by atoms with Gasteiger partial charge in [-0.05, 0) is 49.9 Å². The van der Waals surface area contributed by atoms with E-state index in [-0.39, 0.29) is 5.92 Å². The summed E-state index contributed by atoms with van der Waals surface area (Å²) in [5, 5.41) is 0. The van der Waals surface area contributed by atoms with Crippen molar-refractivity contribution >= 4 is 5.91 Å². The smallest absolute Gasteiger partial charge is 0.228 e. The molecule has 0 bridgehead atoms. The zero-order chi connectivity index (χ0) is 14.3. The second-order valence-corrected chi connectivity index (χ2v) is 7.46. The van der Waals surface area contributed by atoms with Crippen molar-refractivity contribution in [3.05, 3.63) is 0 Å². The molecule has 0 radical (unpaired) electrons. The molecule has 3 saturated heterocycles. The van der Waals surface area contributed by atoms with Crippen LogP contribution in [0.15, 0.2) is 0 Å². The van der Waals surface area contributed by atoms with Crippen LogP contribution >= 0.6 is 0 Å². The third-order valence-corrected chi connectivity index (χ3v) is 6.43. The lowest BCUT2D eigenvalue weighted by molar-refractivity contribution is -0.141. The molecule has 4 aliphatic rings. The maximum Gasteiger partial charge on any atom is 0.228 e. The van der Waals surface area contributed by atoms with E-state index in [1.165, 1.54) is 19.3 Å². The quantitative estimate of drug-likeness (QED) is 0.744. The fourth-order valence-corrected chi connectivity index (χ4v) is 5.32. The van der Waals surface area contributed by atoms with Crippen LogP contribution in [0.25, 0.3) is 0 Å². The van der Waals surface area contributed by atoms with Gasteiger partial charge >= 0.3 is 0 Å². The number of carbonyl (C=O) groups is 1. The number of likely N-dealkylation sites (tertiary alicyclic amines) is 1. The Bertz CT molecular complexity index is 399. The molecule has 1 saturated carbocycles. The Hall–Kier alpha value is -0.610. The van der Waals surface area contributed by atoms with Gasteiger partial charge in [-0.25, -0.2) is 0 Å². The SMILES string of the molecule is O=C([C@@H]1CCCOC1)N1CC2(CCOCC2)[C@@H]2CCC[C@@H]21. The molecule has 4 rings (SSSR count). The normalized spacial score (nSPS) is 38.7. The topological polar surface area (TPSA) is 38.8 Å². The summed E-state index contributed by atoms with van der Waals surface area (Å²) in [5.74, 6) is 1.24.